The molecule has 0 aliphatic carbocycles. The van der Waals surface area contributed by atoms with Crippen LogP contribution in [0, 0.1) is 12.8 Å². The molecule has 0 saturated carbocycles. The average molecular weight is 458 g/mol. The summed E-state index contributed by atoms with van der Waals surface area (Å²) in [6, 6.07) is 15.1. The summed E-state index contributed by atoms with van der Waals surface area (Å²) in [5.41, 5.74) is 2.78. The lowest BCUT2D eigenvalue weighted by atomic mass is 9.95. The smallest absolute Gasteiger partial charge is 0.226 e. The van der Waals surface area contributed by atoms with Gasteiger partial charge in [0.25, 0.3) is 0 Å². The Balaban J connectivity index is 1.29. The van der Waals surface area contributed by atoms with E-state index in [9.17, 15) is 4.79 Å². The van der Waals surface area contributed by atoms with Gasteiger partial charge >= 0.3 is 0 Å². The molecule has 4 rings (SSSR count). The summed E-state index contributed by atoms with van der Waals surface area (Å²) in [6.45, 7) is 4.83. The highest BCUT2D eigenvalue weighted by Gasteiger charge is 2.26. The Hall–Kier alpha value is -2.34. The van der Waals surface area contributed by atoms with Crippen molar-refractivity contribution >= 4 is 29.1 Å². The molecule has 1 aromatic heterocycles. The van der Waals surface area contributed by atoms with E-state index in [1.165, 1.54) is 0 Å². The van der Waals surface area contributed by atoms with Gasteiger partial charge in [0.2, 0.25) is 11.8 Å². The van der Waals surface area contributed by atoms with E-state index in [0.717, 1.165) is 55.1 Å². The summed E-state index contributed by atoms with van der Waals surface area (Å²) in [6.07, 6.45) is 1.66. The number of oxazole rings is 1. The van der Waals surface area contributed by atoms with E-state index in [1.54, 1.807) is 0 Å². The molecule has 5 nitrogen and oxygen atoms in total. The fraction of sp³-hybridized carbons (Fsp3) is 0.333. The molecule has 1 N–H and O–H groups in total. The molecule has 2 aromatic carbocycles. The van der Waals surface area contributed by atoms with E-state index >= 15 is 0 Å². The highest BCUT2D eigenvalue weighted by Crippen LogP contribution is 2.26. The van der Waals surface area contributed by atoms with Crippen LogP contribution in [0.1, 0.15) is 29.9 Å². The third-order valence-corrected chi connectivity index (χ3v) is 6.35. The summed E-state index contributed by atoms with van der Waals surface area (Å²) in [7, 11) is 0. The topological polar surface area (TPSA) is 58.4 Å². The molecule has 31 heavy (non-hydrogen) atoms. The number of benzene rings is 2. The van der Waals surface area contributed by atoms with Crippen molar-refractivity contribution in [3.8, 4) is 11.5 Å². The number of piperidine rings is 1. The number of likely N-dealkylation sites (tertiary alicyclic amines) is 1. The summed E-state index contributed by atoms with van der Waals surface area (Å²) < 4.78 is 5.87. The van der Waals surface area contributed by atoms with Crippen molar-refractivity contribution in [2.75, 3.05) is 13.1 Å². The number of hydrogen-bond acceptors (Lipinski definition) is 4. The first-order chi connectivity index (χ1) is 15.0. The fourth-order valence-corrected chi connectivity index (χ4v) is 4.15. The Morgan fingerprint density at radius 2 is 1.84 bits per heavy atom. The van der Waals surface area contributed by atoms with Gasteiger partial charge in [-0.3, -0.25) is 9.69 Å². The van der Waals surface area contributed by atoms with Crippen LogP contribution in [0.15, 0.2) is 52.9 Å². The first kappa shape index (κ1) is 21.9. The van der Waals surface area contributed by atoms with Crippen molar-refractivity contribution in [1.82, 2.24) is 15.2 Å². The lowest BCUT2D eigenvalue weighted by Gasteiger charge is -2.30. The van der Waals surface area contributed by atoms with Gasteiger partial charge in [0, 0.05) is 34.6 Å². The first-order valence-corrected chi connectivity index (χ1v) is 11.2. The molecule has 1 aliphatic rings. The molecular weight excluding hydrogens is 433 g/mol. The van der Waals surface area contributed by atoms with Crippen molar-refractivity contribution in [2.45, 2.75) is 32.9 Å². The number of aryl methyl sites for hydroxylation is 1. The fourth-order valence-electron chi connectivity index (χ4n) is 3.82. The van der Waals surface area contributed by atoms with Crippen LogP contribution in [0.5, 0.6) is 0 Å². The summed E-state index contributed by atoms with van der Waals surface area (Å²) in [5.74, 6) is 1.56. The van der Waals surface area contributed by atoms with Gasteiger partial charge in [-0.1, -0.05) is 41.4 Å². The molecule has 1 fully saturated rings. The zero-order chi connectivity index (χ0) is 21.8. The van der Waals surface area contributed by atoms with E-state index in [4.69, 9.17) is 27.6 Å². The second-order valence-corrected chi connectivity index (χ2v) is 8.73. The van der Waals surface area contributed by atoms with Crippen LogP contribution in [-0.2, 0) is 17.9 Å². The van der Waals surface area contributed by atoms with Crippen LogP contribution in [0.4, 0.5) is 0 Å². The Kier molecular flexibility index (Phi) is 6.96. The van der Waals surface area contributed by atoms with Crippen LogP contribution in [0.2, 0.25) is 10.0 Å². The zero-order valence-electron chi connectivity index (χ0n) is 17.4. The van der Waals surface area contributed by atoms with E-state index in [-0.39, 0.29) is 11.8 Å². The van der Waals surface area contributed by atoms with Crippen LogP contribution in [0.25, 0.3) is 11.5 Å². The predicted octanol–water partition coefficient (Wildman–Crippen LogP) is 5.49. The maximum atomic E-state index is 12.6. The number of carbonyl (C=O) groups is 1. The Morgan fingerprint density at radius 1 is 1.13 bits per heavy atom. The summed E-state index contributed by atoms with van der Waals surface area (Å²) in [5, 5.41) is 4.40. The Morgan fingerprint density at radius 3 is 2.55 bits per heavy atom. The SMILES string of the molecule is Cc1oc(-c2ccc(Cl)cc2)nc1CN1CCC(C(=O)NCc2ccccc2Cl)CC1. The molecule has 1 aliphatic heterocycles. The number of aromatic nitrogens is 1. The van der Waals surface area contributed by atoms with E-state index in [0.29, 0.717) is 22.5 Å². The minimum atomic E-state index is 0.0294. The predicted molar refractivity (Wildman–Crippen MR) is 123 cm³/mol. The molecular formula is C24H25Cl2N3O2. The average Bonchev–Trinajstić information content (AvgIpc) is 3.14. The molecule has 0 unspecified atom stereocenters. The van der Waals surface area contributed by atoms with Gasteiger partial charge in [0.05, 0.1) is 5.69 Å². The van der Waals surface area contributed by atoms with Gasteiger partial charge in [-0.05, 0) is 68.8 Å². The second-order valence-electron chi connectivity index (χ2n) is 7.89. The lowest BCUT2D eigenvalue weighted by molar-refractivity contribution is -0.126. The van der Waals surface area contributed by atoms with Crippen LogP contribution < -0.4 is 5.32 Å². The molecule has 162 valence electrons. The zero-order valence-corrected chi connectivity index (χ0v) is 18.9. The molecule has 0 atom stereocenters. The highest BCUT2D eigenvalue weighted by molar-refractivity contribution is 6.31. The monoisotopic (exact) mass is 457 g/mol. The molecule has 1 amide bonds. The molecule has 7 heteroatoms. The molecule has 0 spiro atoms. The number of hydrogen-bond donors (Lipinski definition) is 1. The van der Waals surface area contributed by atoms with E-state index < -0.39 is 0 Å². The maximum absolute atomic E-state index is 12.6. The largest absolute Gasteiger partial charge is 0.441 e. The van der Waals surface area contributed by atoms with Crippen molar-refractivity contribution < 1.29 is 9.21 Å². The minimum Gasteiger partial charge on any atom is -0.441 e. The number of nitrogens with one attached hydrogen (secondary N) is 1. The molecule has 3 aromatic rings. The third kappa shape index (κ3) is 5.48. The lowest BCUT2D eigenvalue weighted by Crippen LogP contribution is -2.40. The van der Waals surface area contributed by atoms with Gasteiger partial charge in [0.1, 0.15) is 5.76 Å². The van der Waals surface area contributed by atoms with Crippen molar-refractivity contribution in [3.63, 3.8) is 0 Å². The quantitative estimate of drug-likeness (QED) is 0.531. The van der Waals surface area contributed by atoms with Gasteiger partial charge in [0.15, 0.2) is 0 Å². The third-order valence-electron chi connectivity index (χ3n) is 5.73. The maximum Gasteiger partial charge on any atom is 0.226 e. The number of nitrogens with zero attached hydrogens (tertiary/aromatic N) is 2. The molecule has 0 bridgehead atoms. The van der Waals surface area contributed by atoms with Crippen LogP contribution in [0.3, 0.4) is 0 Å². The van der Waals surface area contributed by atoms with Gasteiger partial charge < -0.3 is 9.73 Å². The Bertz CT molecular complexity index is 1040. The van der Waals surface area contributed by atoms with Crippen LogP contribution in [-0.4, -0.2) is 28.9 Å². The van der Waals surface area contributed by atoms with E-state index in [2.05, 4.69) is 15.2 Å². The van der Waals surface area contributed by atoms with Gasteiger partial charge in [-0.2, -0.15) is 0 Å². The summed E-state index contributed by atoms with van der Waals surface area (Å²) >= 11 is 12.1. The number of amides is 1. The van der Waals surface area contributed by atoms with Gasteiger partial charge in [-0.25, -0.2) is 4.98 Å². The van der Waals surface area contributed by atoms with Crippen molar-refractivity contribution in [2.24, 2.45) is 5.92 Å². The number of halogens is 2. The molecule has 2 heterocycles. The van der Waals surface area contributed by atoms with Gasteiger partial charge in [-0.15, -0.1) is 0 Å². The molecule has 1 saturated heterocycles. The van der Waals surface area contributed by atoms with Crippen molar-refractivity contribution in [3.05, 3.63) is 75.6 Å². The highest BCUT2D eigenvalue weighted by atomic mass is 35.5. The first-order valence-electron chi connectivity index (χ1n) is 10.5. The van der Waals surface area contributed by atoms with E-state index in [1.807, 2.05) is 55.5 Å². The standard InChI is InChI=1S/C24H25Cl2N3O2/c1-16-22(28-24(31-16)18-6-8-20(25)9-7-18)15-29-12-10-17(11-13-29)23(30)27-14-19-4-2-3-5-21(19)26/h2-9,17H,10-15H2,1H3,(H,27,30). The van der Waals surface area contributed by atoms with Crippen molar-refractivity contribution in [1.29, 1.82) is 0 Å². The Labute approximate surface area is 192 Å². The normalized spacial score (nSPS) is 15.2. The van der Waals surface area contributed by atoms with Crippen LogP contribution >= 0.6 is 23.2 Å². The second kappa shape index (κ2) is 9.86. The summed E-state index contributed by atoms with van der Waals surface area (Å²) in [4.78, 5) is 19.6. The molecule has 0 radical (unpaired) electrons. The number of rotatable bonds is 6. The number of carbonyl (C=O) groups excluding carboxylic acids is 1. The minimum absolute atomic E-state index is 0.0294.